The van der Waals surface area contributed by atoms with Crippen LogP contribution >= 0.6 is 0 Å². The van der Waals surface area contributed by atoms with Gasteiger partial charge in [0.1, 0.15) is 0 Å². The topological polar surface area (TPSA) is 15.3 Å². The van der Waals surface area contributed by atoms with Crippen molar-refractivity contribution in [3.63, 3.8) is 0 Å². The van der Waals surface area contributed by atoms with Gasteiger partial charge in [0, 0.05) is 24.0 Å². The summed E-state index contributed by atoms with van der Waals surface area (Å²) in [5.74, 6) is 0.398. The Morgan fingerprint density at radius 2 is 1.86 bits per heavy atom. The molecular formula is C20H30N2. The maximum atomic E-state index is 3.69. The Morgan fingerprint density at radius 1 is 1.18 bits per heavy atom. The molecule has 0 aliphatic heterocycles. The summed E-state index contributed by atoms with van der Waals surface area (Å²) in [6.07, 6.45) is 6.98. The molecule has 1 aromatic rings. The predicted molar refractivity (Wildman–Crippen MR) is 96.3 cm³/mol. The minimum absolute atomic E-state index is 0.115. The predicted octanol–water partition coefficient (Wildman–Crippen LogP) is 4.28. The van der Waals surface area contributed by atoms with E-state index in [1.165, 1.54) is 16.7 Å². The molecule has 22 heavy (non-hydrogen) atoms. The summed E-state index contributed by atoms with van der Waals surface area (Å²) in [7, 11) is 4.23. The van der Waals surface area contributed by atoms with Crippen molar-refractivity contribution >= 4 is 0 Å². The number of allylic oxidation sites excluding steroid dienone is 2. The van der Waals surface area contributed by atoms with E-state index in [2.05, 4.69) is 94.5 Å². The van der Waals surface area contributed by atoms with Crippen LogP contribution < -0.4 is 5.32 Å². The summed E-state index contributed by atoms with van der Waals surface area (Å²) in [6.45, 7) is 9.92. The average Bonchev–Trinajstić information content (AvgIpc) is 2.84. The van der Waals surface area contributed by atoms with Gasteiger partial charge in [-0.15, -0.1) is 0 Å². The Balaban J connectivity index is 2.23. The van der Waals surface area contributed by atoms with E-state index >= 15 is 0 Å². The summed E-state index contributed by atoms with van der Waals surface area (Å²) in [5.41, 5.74) is 4.33. The van der Waals surface area contributed by atoms with E-state index in [1.807, 2.05) is 0 Å². The van der Waals surface area contributed by atoms with Crippen LogP contribution in [0, 0.1) is 0 Å². The molecule has 2 rings (SSSR count). The highest BCUT2D eigenvalue weighted by atomic mass is 15.0. The molecule has 0 fully saturated rings. The minimum atomic E-state index is 0.115. The monoisotopic (exact) mass is 298 g/mol. The molecule has 1 aliphatic rings. The van der Waals surface area contributed by atoms with Crippen LogP contribution in [-0.2, 0) is 0 Å². The Kier molecular flexibility index (Phi) is 5.25. The van der Waals surface area contributed by atoms with E-state index in [1.54, 1.807) is 0 Å². The SMILES string of the molecule is CC(NC(C)(C)C)c1ccccc1C1C=CC(CN(C)C)=C1. The Morgan fingerprint density at radius 3 is 2.50 bits per heavy atom. The second-order valence-corrected chi connectivity index (χ2v) is 7.61. The van der Waals surface area contributed by atoms with Crippen molar-refractivity contribution in [1.82, 2.24) is 10.2 Å². The van der Waals surface area contributed by atoms with Crippen LogP contribution in [0.1, 0.15) is 50.8 Å². The Bertz CT molecular complexity index is 561. The number of hydrogen-bond donors (Lipinski definition) is 1. The molecule has 2 nitrogen and oxygen atoms in total. The first-order valence-electron chi connectivity index (χ1n) is 8.16. The third-order valence-corrected chi connectivity index (χ3v) is 3.88. The van der Waals surface area contributed by atoms with Gasteiger partial charge in [0.05, 0.1) is 0 Å². The van der Waals surface area contributed by atoms with Crippen molar-refractivity contribution in [3.8, 4) is 0 Å². The molecule has 0 aromatic heterocycles. The van der Waals surface area contributed by atoms with Gasteiger partial charge in [-0.05, 0) is 58.5 Å². The van der Waals surface area contributed by atoms with E-state index in [4.69, 9.17) is 0 Å². The highest BCUT2D eigenvalue weighted by Crippen LogP contribution is 2.32. The van der Waals surface area contributed by atoms with Crippen molar-refractivity contribution in [2.45, 2.75) is 45.2 Å². The van der Waals surface area contributed by atoms with Crippen molar-refractivity contribution in [1.29, 1.82) is 0 Å². The molecule has 120 valence electrons. The summed E-state index contributed by atoms with van der Waals surface area (Å²) in [4.78, 5) is 2.22. The second-order valence-electron chi connectivity index (χ2n) is 7.61. The number of hydrogen-bond acceptors (Lipinski definition) is 2. The summed E-state index contributed by atoms with van der Waals surface area (Å²) >= 11 is 0. The lowest BCUT2D eigenvalue weighted by Gasteiger charge is -2.28. The molecule has 0 spiro atoms. The number of benzene rings is 1. The first-order valence-corrected chi connectivity index (χ1v) is 8.16. The van der Waals surface area contributed by atoms with Gasteiger partial charge in [0.2, 0.25) is 0 Å². The van der Waals surface area contributed by atoms with Crippen LogP contribution in [-0.4, -0.2) is 31.1 Å². The molecule has 2 atom stereocenters. The highest BCUT2D eigenvalue weighted by Gasteiger charge is 2.21. The molecule has 0 bridgehead atoms. The second kappa shape index (κ2) is 6.80. The van der Waals surface area contributed by atoms with Crippen molar-refractivity contribution in [2.75, 3.05) is 20.6 Å². The average molecular weight is 298 g/mol. The summed E-state index contributed by atoms with van der Waals surface area (Å²) in [6, 6.07) is 9.15. The lowest BCUT2D eigenvalue weighted by Crippen LogP contribution is -2.38. The zero-order chi connectivity index (χ0) is 16.3. The summed E-state index contributed by atoms with van der Waals surface area (Å²) in [5, 5.41) is 3.69. The van der Waals surface area contributed by atoms with Gasteiger partial charge in [0.15, 0.2) is 0 Å². The van der Waals surface area contributed by atoms with Crippen LogP contribution in [0.2, 0.25) is 0 Å². The molecule has 0 saturated carbocycles. The van der Waals surface area contributed by atoms with E-state index in [-0.39, 0.29) is 5.54 Å². The van der Waals surface area contributed by atoms with Gasteiger partial charge in [-0.3, -0.25) is 0 Å². The van der Waals surface area contributed by atoms with Crippen molar-refractivity contribution < 1.29 is 0 Å². The van der Waals surface area contributed by atoms with E-state index in [0.29, 0.717) is 12.0 Å². The largest absolute Gasteiger partial charge is 0.306 e. The van der Waals surface area contributed by atoms with Crippen LogP contribution in [0.3, 0.4) is 0 Å². The zero-order valence-corrected chi connectivity index (χ0v) is 14.9. The molecule has 2 unspecified atom stereocenters. The van der Waals surface area contributed by atoms with Crippen molar-refractivity contribution in [2.24, 2.45) is 0 Å². The van der Waals surface area contributed by atoms with Gasteiger partial charge in [0.25, 0.3) is 0 Å². The maximum Gasteiger partial charge on any atom is 0.0299 e. The minimum Gasteiger partial charge on any atom is -0.306 e. The molecule has 0 amide bonds. The Hall–Kier alpha value is -1.38. The van der Waals surface area contributed by atoms with Gasteiger partial charge < -0.3 is 10.2 Å². The Labute approximate surface area is 135 Å². The lowest BCUT2D eigenvalue weighted by atomic mass is 9.91. The number of nitrogens with zero attached hydrogens (tertiary/aromatic N) is 1. The third kappa shape index (κ3) is 4.56. The number of nitrogens with one attached hydrogen (secondary N) is 1. The van der Waals surface area contributed by atoms with Crippen LogP contribution in [0.25, 0.3) is 0 Å². The van der Waals surface area contributed by atoms with Gasteiger partial charge in [-0.1, -0.05) is 42.5 Å². The molecule has 0 heterocycles. The number of likely N-dealkylation sites (N-methyl/N-ethyl adjacent to an activating group) is 1. The van der Waals surface area contributed by atoms with Crippen LogP contribution in [0.15, 0.2) is 48.1 Å². The van der Waals surface area contributed by atoms with E-state index < -0.39 is 0 Å². The third-order valence-electron chi connectivity index (χ3n) is 3.88. The fourth-order valence-electron chi connectivity index (χ4n) is 3.17. The van der Waals surface area contributed by atoms with E-state index in [0.717, 1.165) is 6.54 Å². The standard InChI is InChI=1S/C20H30N2/c1-15(21-20(2,3)4)18-9-7-8-10-19(18)17-12-11-16(13-17)14-22(5)6/h7-13,15,17,21H,14H2,1-6H3. The van der Waals surface area contributed by atoms with E-state index in [9.17, 15) is 0 Å². The molecule has 1 aliphatic carbocycles. The fourth-order valence-corrected chi connectivity index (χ4v) is 3.17. The smallest absolute Gasteiger partial charge is 0.0299 e. The first-order chi connectivity index (χ1) is 10.3. The maximum absolute atomic E-state index is 3.69. The number of rotatable bonds is 5. The molecule has 1 aromatic carbocycles. The molecular weight excluding hydrogens is 268 g/mol. The summed E-state index contributed by atoms with van der Waals surface area (Å²) < 4.78 is 0. The van der Waals surface area contributed by atoms with Gasteiger partial charge in [-0.2, -0.15) is 0 Å². The molecule has 1 N–H and O–H groups in total. The zero-order valence-electron chi connectivity index (χ0n) is 14.9. The quantitative estimate of drug-likeness (QED) is 0.873. The normalized spacial score (nSPS) is 19.6. The van der Waals surface area contributed by atoms with Crippen molar-refractivity contribution in [3.05, 3.63) is 59.2 Å². The highest BCUT2D eigenvalue weighted by molar-refractivity contribution is 5.44. The van der Waals surface area contributed by atoms with Crippen LogP contribution in [0.4, 0.5) is 0 Å². The van der Waals surface area contributed by atoms with Gasteiger partial charge in [-0.25, -0.2) is 0 Å². The molecule has 0 saturated heterocycles. The van der Waals surface area contributed by atoms with Gasteiger partial charge >= 0.3 is 0 Å². The molecule has 0 radical (unpaired) electrons. The lowest BCUT2D eigenvalue weighted by molar-refractivity contribution is 0.377. The van der Waals surface area contributed by atoms with Crippen LogP contribution in [0.5, 0.6) is 0 Å². The first kappa shape index (κ1) is 17.0. The fraction of sp³-hybridized carbons (Fsp3) is 0.500. The molecule has 2 heteroatoms.